The van der Waals surface area contributed by atoms with E-state index in [-0.39, 0.29) is 14.6 Å². The van der Waals surface area contributed by atoms with Crippen LogP contribution in [0.25, 0.3) is 5.41 Å². The molecule has 2 rings (SSSR count). The maximum atomic E-state index is 13.3. The zero-order valence-electron chi connectivity index (χ0n) is 11.8. The van der Waals surface area contributed by atoms with E-state index >= 15 is 0 Å². The first-order chi connectivity index (χ1) is 10.8. The Morgan fingerprint density at radius 1 is 1.39 bits per heavy atom. The van der Waals surface area contributed by atoms with Crippen molar-refractivity contribution in [2.24, 2.45) is 4.99 Å². The molecular formula is C13H9F3N4NiS2-2. The third kappa shape index (κ3) is 4.79. The average Bonchev–Trinajstić information content (AvgIpc) is 2.74. The number of hydrogen-bond donors (Lipinski definition) is 0. The van der Waals surface area contributed by atoms with Gasteiger partial charge in [0.25, 0.3) is 0 Å². The number of aromatic nitrogens is 2. The zero-order chi connectivity index (χ0) is 17.1. The van der Waals surface area contributed by atoms with Gasteiger partial charge in [0.15, 0.2) is 0 Å². The van der Waals surface area contributed by atoms with Gasteiger partial charge >= 0.3 is 146 Å². The Hall–Kier alpha value is -1.38. The molecule has 10 heteroatoms. The molecule has 0 aliphatic rings. The van der Waals surface area contributed by atoms with E-state index in [1.165, 1.54) is 29.5 Å². The molecule has 0 spiro atoms. The summed E-state index contributed by atoms with van der Waals surface area (Å²) in [6, 6.07) is 1.70. The van der Waals surface area contributed by atoms with Crippen LogP contribution >= 0.6 is 23.1 Å². The van der Waals surface area contributed by atoms with E-state index < -0.39 is 17.5 Å². The Kier molecular flexibility index (Phi) is 5.83. The number of aryl methyl sites for hydroxylation is 1. The van der Waals surface area contributed by atoms with Crippen molar-refractivity contribution in [1.82, 2.24) is 9.78 Å². The molecule has 0 aliphatic carbocycles. The van der Waals surface area contributed by atoms with Gasteiger partial charge in [-0.1, -0.05) is 0 Å². The van der Waals surface area contributed by atoms with Crippen LogP contribution in [-0.4, -0.2) is 18.8 Å². The SMILES string of the molecule is CC(=[N-])S[C](=[Ni])/N=c1/sc(C)nn1[CH-]c1cc(F)c(F)c(F)c1. The van der Waals surface area contributed by atoms with Gasteiger partial charge in [0.05, 0.1) is 0 Å². The van der Waals surface area contributed by atoms with Crippen molar-refractivity contribution >= 4 is 32.1 Å². The van der Waals surface area contributed by atoms with E-state index in [1.54, 1.807) is 6.92 Å². The minimum atomic E-state index is -1.53. The van der Waals surface area contributed by atoms with Crippen LogP contribution in [0.1, 0.15) is 17.5 Å². The van der Waals surface area contributed by atoms with Crippen molar-refractivity contribution in [2.75, 3.05) is 0 Å². The van der Waals surface area contributed by atoms with Gasteiger partial charge in [-0.25, -0.2) is 0 Å². The van der Waals surface area contributed by atoms with Gasteiger partial charge in [-0.05, 0) is 0 Å². The summed E-state index contributed by atoms with van der Waals surface area (Å²) >= 11 is 6.80. The van der Waals surface area contributed by atoms with Crippen LogP contribution in [0.15, 0.2) is 17.1 Å². The van der Waals surface area contributed by atoms with E-state index in [0.717, 1.165) is 23.9 Å². The first-order valence-corrected chi connectivity index (χ1v) is 8.19. The number of thioether (sulfide) groups is 1. The number of hydrogen-bond acceptors (Lipinski definition) is 4. The average molecular weight is 401 g/mol. The van der Waals surface area contributed by atoms with E-state index in [1.807, 2.05) is 0 Å². The number of benzene rings is 1. The second-order valence-electron chi connectivity index (χ2n) is 4.24. The van der Waals surface area contributed by atoms with E-state index in [4.69, 9.17) is 0 Å². The van der Waals surface area contributed by atoms with Crippen molar-refractivity contribution in [3.63, 3.8) is 0 Å². The molecule has 0 saturated heterocycles. The minimum absolute atomic E-state index is 0.0504. The summed E-state index contributed by atoms with van der Waals surface area (Å²) in [6.45, 7) is 4.51. The van der Waals surface area contributed by atoms with Crippen LogP contribution < -0.4 is 4.80 Å². The van der Waals surface area contributed by atoms with Crippen molar-refractivity contribution in [2.45, 2.75) is 13.8 Å². The van der Waals surface area contributed by atoms with Crippen molar-refractivity contribution in [1.29, 1.82) is 0 Å². The summed E-state index contributed by atoms with van der Waals surface area (Å²) in [5.41, 5.74) is 0.0836. The molecule has 0 bridgehead atoms. The summed E-state index contributed by atoms with van der Waals surface area (Å²) in [7, 11) is 0. The second kappa shape index (κ2) is 7.46. The van der Waals surface area contributed by atoms with Gasteiger partial charge in [0.1, 0.15) is 0 Å². The Morgan fingerprint density at radius 3 is 2.57 bits per heavy atom. The maximum absolute atomic E-state index is 13.3. The van der Waals surface area contributed by atoms with E-state index in [2.05, 4.69) is 25.1 Å². The molecule has 0 saturated carbocycles. The van der Waals surface area contributed by atoms with Gasteiger partial charge in [-0.15, -0.1) is 0 Å². The quantitative estimate of drug-likeness (QED) is 0.260. The Labute approximate surface area is 145 Å². The molecule has 0 aliphatic heterocycles. The molecule has 23 heavy (non-hydrogen) atoms. The molecule has 4 nitrogen and oxygen atoms in total. The zero-order valence-corrected chi connectivity index (χ0v) is 14.4. The fraction of sp³-hybridized carbons (Fsp3) is 0.154. The summed E-state index contributed by atoms with van der Waals surface area (Å²) in [5, 5.41) is 14.0. The molecule has 0 fully saturated rings. The molecule has 0 atom stereocenters. The molecule has 0 N–H and O–H groups in total. The number of nitrogens with zero attached hydrogens (tertiary/aromatic N) is 4. The van der Waals surface area contributed by atoms with Gasteiger partial charge in [0, 0.05) is 0 Å². The molecule has 0 unspecified atom stereocenters. The Bertz CT molecular complexity index is 821. The van der Waals surface area contributed by atoms with E-state index in [9.17, 15) is 18.6 Å². The summed E-state index contributed by atoms with van der Waals surface area (Å²) in [6.07, 6.45) is 0. The summed E-state index contributed by atoms with van der Waals surface area (Å²) < 4.78 is 41.0. The third-order valence-electron chi connectivity index (χ3n) is 2.36. The summed E-state index contributed by atoms with van der Waals surface area (Å²) in [5.74, 6) is -4.11. The van der Waals surface area contributed by atoms with Crippen molar-refractivity contribution in [3.8, 4) is 0 Å². The molecule has 1 aromatic heterocycles. The standard InChI is InChI=1S/C13H9F3N4S2.Ni/c1-7(17)21-6-18-13-20(19-8(2)22-13)5-9-3-10(14)12(16)11(15)4-9;/h3-5H,1-2H3;/q-2;. The first kappa shape index (κ1) is 18.0. The van der Waals surface area contributed by atoms with Crippen molar-refractivity contribution < 1.29 is 28.2 Å². The molecule has 0 radical (unpaired) electrons. The third-order valence-corrected chi connectivity index (χ3v) is 4.16. The van der Waals surface area contributed by atoms with Crippen molar-refractivity contribution in [3.05, 3.63) is 56.9 Å². The van der Waals surface area contributed by atoms with Gasteiger partial charge < -0.3 is 0 Å². The normalized spacial score (nSPS) is 11.7. The van der Waals surface area contributed by atoms with Crippen LogP contribution in [-0.2, 0) is 15.0 Å². The van der Waals surface area contributed by atoms with Crippen LogP contribution in [0.3, 0.4) is 0 Å². The molecular weight excluding hydrogens is 392 g/mol. The molecule has 1 aromatic carbocycles. The predicted octanol–water partition coefficient (Wildman–Crippen LogP) is 2.98. The molecule has 126 valence electrons. The van der Waals surface area contributed by atoms with Crippen LogP contribution in [0.4, 0.5) is 13.2 Å². The molecule has 1 heterocycles. The van der Waals surface area contributed by atoms with Crippen LogP contribution in [0.2, 0.25) is 0 Å². The summed E-state index contributed by atoms with van der Waals surface area (Å²) in [4.78, 5) is 4.50. The van der Waals surface area contributed by atoms with Crippen LogP contribution in [0, 0.1) is 30.9 Å². The fourth-order valence-electron chi connectivity index (χ4n) is 1.55. The monoisotopic (exact) mass is 400 g/mol. The first-order valence-electron chi connectivity index (χ1n) is 6.06. The molecule has 2 aromatic rings. The fourth-order valence-corrected chi connectivity index (χ4v) is 3.29. The van der Waals surface area contributed by atoms with Gasteiger partial charge in [-0.3, -0.25) is 0 Å². The van der Waals surface area contributed by atoms with E-state index in [0.29, 0.717) is 9.81 Å². The Balaban J connectivity index is 2.36. The van der Waals surface area contributed by atoms with Gasteiger partial charge in [-0.2, -0.15) is 0 Å². The number of halogens is 3. The second-order valence-corrected chi connectivity index (χ2v) is 7.33. The predicted molar refractivity (Wildman–Crippen MR) is 82.2 cm³/mol. The van der Waals surface area contributed by atoms with Gasteiger partial charge in [0.2, 0.25) is 0 Å². The van der Waals surface area contributed by atoms with Crippen LogP contribution in [0.5, 0.6) is 0 Å². The molecule has 0 amide bonds. The number of rotatable bonds is 4. The Morgan fingerprint density at radius 2 is 2.00 bits per heavy atom. The topological polar surface area (TPSA) is 52.5 Å².